The second-order valence-corrected chi connectivity index (χ2v) is 12.0. The maximum Gasteiger partial charge on any atom is 0.0644 e. The molecule has 0 amide bonds. The summed E-state index contributed by atoms with van der Waals surface area (Å²) in [6.07, 6.45) is 0. The molecular formula is C28H32Br2. The summed E-state index contributed by atoms with van der Waals surface area (Å²) in [5, 5.41) is 0. The molecular weight excluding hydrogens is 496 g/mol. The van der Waals surface area contributed by atoms with Crippen LogP contribution in [0.25, 0.3) is 0 Å². The number of alkyl halides is 2. The Labute approximate surface area is 199 Å². The fourth-order valence-corrected chi connectivity index (χ4v) is 4.74. The van der Waals surface area contributed by atoms with Crippen LogP contribution in [0.1, 0.15) is 84.6 Å². The second-order valence-electron chi connectivity index (χ2n) is 10.1. The van der Waals surface area contributed by atoms with Gasteiger partial charge < -0.3 is 0 Å². The number of benzene rings is 3. The summed E-state index contributed by atoms with van der Waals surface area (Å²) in [6.45, 7) is 13.5. The smallest absolute Gasteiger partial charge is 0.0644 e. The van der Waals surface area contributed by atoms with Crippen LogP contribution >= 0.6 is 31.9 Å². The molecule has 30 heavy (non-hydrogen) atoms. The van der Waals surface area contributed by atoms with Gasteiger partial charge in [0.05, 0.1) is 9.65 Å². The van der Waals surface area contributed by atoms with Gasteiger partial charge >= 0.3 is 0 Å². The van der Waals surface area contributed by atoms with Crippen molar-refractivity contribution in [3.05, 3.63) is 106 Å². The Morgan fingerprint density at radius 3 is 1.13 bits per heavy atom. The van der Waals surface area contributed by atoms with Gasteiger partial charge in [0.25, 0.3) is 0 Å². The fourth-order valence-electron chi connectivity index (χ4n) is 3.56. The molecule has 0 saturated carbocycles. The Morgan fingerprint density at radius 1 is 0.500 bits per heavy atom. The zero-order valence-electron chi connectivity index (χ0n) is 18.8. The number of hydrogen-bond donors (Lipinski definition) is 0. The van der Waals surface area contributed by atoms with Gasteiger partial charge in [0.15, 0.2) is 0 Å². The van der Waals surface area contributed by atoms with Crippen LogP contribution in [0.4, 0.5) is 0 Å². The van der Waals surface area contributed by atoms with Crippen molar-refractivity contribution in [2.45, 2.75) is 62.0 Å². The molecule has 0 radical (unpaired) electrons. The third-order valence-corrected chi connectivity index (χ3v) is 7.75. The Bertz CT molecular complexity index is 892. The Morgan fingerprint density at radius 2 is 0.833 bits per heavy atom. The lowest BCUT2D eigenvalue weighted by Crippen LogP contribution is -2.11. The minimum absolute atomic E-state index is 0.173. The largest absolute Gasteiger partial charge is 0.0786 e. The minimum Gasteiger partial charge on any atom is -0.0786 e. The van der Waals surface area contributed by atoms with Crippen LogP contribution in [0.2, 0.25) is 0 Å². The van der Waals surface area contributed by atoms with E-state index in [1.54, 1.807) is 0 Å². The molecule has 0 spiro atoms. The van der Waals surface area contributed by atoms with Gasteiger partial charge in [-0.05, 0) is 44.2 Å². The molecule has 0 nitrogen and oxygen atoms in total. The van der Waals surface area contributed by atoms with Crippen molar-refractivity contribution in [3.8, 4) is 0 Å². The Hall–Kier alpha value is -1.38. The zero-order chi connectivity index (χ0) is 22.1. The molecule has 0 N–H and O–H groups in total. The molecule has 158 valence electrons. The van der Waals surface area contributed by atoms with Crippen LogP contribution in [0.5, 0.6) is 0 Å². The fraction of sp³-hybridized carbons (Fsp3) is 0.357. The second kappa shape index (κ2) is 9.01. The topological polar surface area (TPSA) is 0 Å². The van der Waals surface area contributed by atoms with E-state index >= 15 is 0 Å². The quantitative estimate of drug-likeness (QED) is 0.296. The van der Waals surface area contributed by atoms with Crippen molar-refractivity contribution in [1.29, 1.82) is 0 Å². The highest BCUT2D eigenvalue weighted by Gasteiger charge is 2.18. The van der Waals surface area contributed by atoms with Gasteiger partial charge in [-0.3, -0.25) is 0 Å². The standard InChI is InChI=1S/C28H32Br2/c1-27(2,3)23-14-10-19(11-15-23)25(29)21-8-7-9-22(18-21)26(30)20-12-16-24(17-13-20)28(4,5)6/h7-18,25-26H,1-6H3. The van der Waals surface area contributed by atoms with E-state index in [1.165, 1.54) is 33.4 Å². The molecule has 0 heterocycles. The number of rotatable bonds is 4. The molecule has 3 rings (SSSR count). The molecule has 2 unspecified atom stereocenters. The van der Waals surface area contributed by atoms with Gasteiger partial charge in [-0.2, -0.15) is 0 Å². The number of halogens is 2. The van der Waals surface area contributed by atoms with Crippen LogP contribution in [0, 0.1) is 0 Å². The van der Waals surface area contributed by atoms with Crippen LogP contribution in [-0.2, 0) is 10.8 Å². The zero-order valence-corrected chi connectivity index (χ0v) is 22.0. The minimum atomic E-state index is 0.173. The number of hydrogen-bond acceptors (Lipinski definition) is 0. The van der Waals surface area contributed by atoms with Crippen molar-refractivity contribution >= 4 is 31.9 Å². The van der Waals surface area contributed by atoms with E-state index in [2.05, 4.69) is 146 Å². The van der Waals surface area contributed by atoms with Crippen LogP contribution < -0.4 is 0 Å². The summed E-state index contributed by atoms with van der Waals surface area (Å²) in [5.74, 6) is 0. The molecule has 3 aromatic carbocycles. The van der Waals surface area contributed by atoms with Gasteiger partial charge in [0, 0.05) is 0 Å². The van der Waals surface area contributed by atoms with E-state index in [1.807, 2.05) is 0 Å². The summed E-state index contributed by atoms with van der Waals surface area (Å²) in [7, 11) is 0. The van der Waals surface area contributed by atoms with E-state index in [0.29, 0.717) is 0 Å². The van der Waals surface area contributed by atoms with Crippen molar-refractivity contribution in [2.75, 3.05) is 0 Å². The Kier molecular flexibility index (Phi) is 6.99. The van der Waals surface area contributed by atoms with E-state index in [4.69, 9.17) is 0 Å². The highest BCUT2D eigenvalue weighted by Crippen LogP contribution is 2.37. The maximum absolute atomic E-state index is 3.92. The summed E-state index contributed by atoms with van der Waals surface area (Å²) in [6, 6.07) is 26.8. The van der Waals surface area contributed by atoms with Gasteiger partial charge in [-0.1, -0.05) is 146 Å². The predicted octanol–water partition coefficient (Wildman–Crippen LogP) is 9.25. The molecule has 0 aromatic heterocycles. The summed E-state index contributed by atoms with van der Waals surface area (Å²) in [5.41, 5.74) is 8.16. The lowest BCUT2D eigenvalue weighted by Gasteiger charge is -2.21. The first kappa shape index (κ1) is 23.3. The maximum atomic E-state index is 3.92. The van der Waals surface area contributed by atoms with Crippen LogP contribution in [0.15, 0.2) is 72.8 Å². The van der Waals surface area contributed by atoms with Crippen molar-refractivity contribution in [3.63, 3.8) is 0 Å². The molecule has 0 saturated heterocycles. The predicted molar refractivity (Wildman–Crippen MR) is 138 cm³/mol. The molecule has 0 aliphatic carbocycles. The first-order valence-electron chi connectivity index (χ1n) is 10.6. The van der Waals surface area contributed by atoms with Crippen LogP contribution in [-0.4, -0.2) is 0 Å². The SMILES string of the molecule is CC(C)(C)c1ccc(C(Br)c2cccc(C(Br)c3ccc(C(C)(C)C)cc3)c2)cc1. The van der Waals surface area contributed by atoms with Gasteiger partial charge in [0.2, 0.25) is 0 Å². The molecule has 2 atom stereocenters. The van der Waals surface area contributed by atoms with Crippen molar-refractivity contribution < 1.29 is 0 Å². The first-order chi connectivity index (χ1) is 14.0. The van der Waals surface area contributed by atoms with Crippen molar-refractivity contribution in [1.82, 2.24) is 0 Å². The third-order valence-electron chi connectivity index (χ3n) is 5.63. The molecule has 0 fully saturated rings. The van der Waals surface area contributed by atoms with Crippen molar-refractivity contribution in [2.24, 2.45) is 0 Å². The summed E-state index contributed by atoms with van der Waals surface area (Å²) < 4.78 is 0. The summed E-state index contributed by atoms with van der Waals surface area (Å²) >= 11 is 7.85. The van der Waals surface area contributed by atoms with E-state index in [-0.39, 0.29) is 20.5 Å². The highest BCUT2D eigenvalue weighted by atomic mass is 79.9. The molecule has 3 aromatic rings. The average molecular weight is 528 g/mol. The van der Waals surface area contributed by atoms with Gasteiger partial charge in [-0.25, -0.2) is 0 Å². The normalized spacial score (nSPS) is 14.4. The summed E-state index contributed by atoms with van der Waals surface area (Å²) in [4.78, 5) is 0.351. The van der Waals surface area contributed by atoms with E-state index < -0.39 is 0 Å². The van der Waals surface area contributed by atoms with Gasteiger partial charge in [0.1, 0.15) is 0 Å². The van der Waals surface area contributed by atoms with E-state index in [9.17, 15) is 0 Å². The molecule has 0 aliphatic heterocycles. The first-order valence-corrected chi connectivity index (χ1v) is 12.4. The van der Waals surface area contributed by atoms with Crippen LogP contribution in [0.3, 0.4) is 0 Å². The monoisotopic (exact) mass is 526 g/mol. The molecule has 2 heteroatoms. The highest BCUT2D eigenvalue weighted by molar-refractivity contribution is 9.09. The third kappa shape index (κ3) is 5.45. The Balaban J connectivity index is 1.83. The molecule has 0 aliphatic rings. The lowest BCUT2D eigenvalue weighted by molar-refractivity contribution is 0.590. The molecule has 0 bridgehead atoms. The van der Waals surface area contributed by atoms with E-state index in [0.717, 1.165) is 0 Å². The van der Waals surface area contributed by atoms with Gasteiger partial charge in [-0.15, -0.1) is 0 Å². The lowest BCUT2D eigenvalue weighted by atomic mass is 9.86. The average Bonchev–Trinajstić information content (AvgIpc) is 2.71.